The van der Waals surface area contributed by atoms with E-state index < -0.39 is 5.91 Å². The summed E-state index contributed by atoms with van der Waals surface area (Å²) in [4.78, 5) is 42.4. The van der Waals surface area contributed by atoms with Crippen molar-refractivity contribution in [1.82, 2.24) is 20.1 Å². The number of nitrogens with zero attached hydrogens (tertiary/aromatic N) is 3. The second-order valence-corrected chi connectivity index (χ2v) is 10.9. The second-order valence-electron chi connectivity index (χ2n) is 10.1. The minimum atomic E-state index is -0.504. The third-order valence-electron chi connectivity index (χ3n) is 6.95. The molecule has 0 unspecified atom stereocenters. The summed E-state index contributed by atoms with van der Waals surface area (Å²) in [5, 5.41) is 10.8. The maximum absolute atomic E-state index is 13.5. The van der Waals surface area contributed by atoms with Crippen molar-refractivity contribution < 1.29 is 41.5 Å². The van der Waals surface area contributed by atoms with Crippen molar-refractivity contribution in [2.24, 2.45) is 0 Å². The first-order valence-corrected chi connectivity index (χ1v) is 14.9. The van der Waals surface area contributed by atoms with Gasteiger partial charge in [0.15, 0.2) is 5.69 Å². The molecule has 0 saturated carbocycles. The Morgan fingerprint density at radius 2 is 1.54 bits per heavy atom. The van der Waals surface area contributed by atoms with Crippen molar-refractivity contribution in [2.45, 2.75) is 26.7 Å². The summed E-state index contributed by atoms with van der Waals surface area (Å²) in [6.45, 7) is 0.416. The zero-order chi connectivity index (χ0) is 31.8. The average molecular weight is 855 g/mol. The number of para-hydroxylation sites is 1. The van der Waals surface area contributed by atoms with Gasteiger partial charge in [0.1, 0.15) is 5.82 Å². The summed E-state index contributed by atoms with van der Waals surface area (Å²) in [6, 6.07) is 26.9. The Morgan fingerprint density at radius 1 is 0.854 bits per heavy atom. The minimum absolute atomic E-state index is 0. The zero-order valence-corrected chi connectivity index (χ0v) is 30.5. The van der Waals surface area contributed by atoms with Crippen LogP contribution in [-0.2, 0) is 44.8 Å². The number of carbonyl (C=O) groups excluding carboxylic acids is 3. The number of hydrogen-bond donors (Lipinski definition) is 2. The molecule has 1 radical (unpaired) electrons. The van der Waals surface area contributed by atoms with E-state index in [2.05, 4.69) is 20.7 Å². The molecular formula is C36H36Cl2N5O4Ta-. The maximum atomic E-state index is 13.5. The van der Waals surface area contributed by atoms with Gasteiger partial charge in [0.05, 0.1) is 40.5 Å². The van der Waals surface area contributed by atoms with Gasteiger partial charge in [-0.15, -0.1) is 0 Å². The van der Waals surface area contributed by atoms with Crippen molar-refractivity contribution in [3.8, 4) is 16.9 Å². The van der Waals surface area contributed by atoms with Crippen molar-refractivity contribution in [2.75, 3.05) is 19.0 Å². The molecule has 2 aromatic heterocycles. The van der Waals surface area contributed by atoms with Crippen molar-refractivity contribution >= 4 is 46.8 Å². The van der Waals surface area contributed by atoms with Gasteiger partial charge in [-0.25, -0.2) is 4.68 Å². The van der Waals surface area contributed by atoms with Crippen LogP contribution in [0.4, 0.5) is 5.82 Å². The van der Waals surface area contributed by atoms with E-state index in [1.54, 1.807) is 24.4 Å². The van der Waals surface area contributed by atoms with Gasteiger partial charge in [-0.2, -0.15) is 5.10 Å². The third-order valence-corrected chi connectivity index (χ3v) is 7.58. The Hall–Kier alpha value is -4.25. The number of rotatable bonds is 11. The summed E-state index contributed by atoms with van der Waals surface area (Å²) in [5.41, 5.74) is 4.09. The number of hydrogen-bond acceptors (Lipinski definition) is 6. The predicted octanol–water partition coefficient (Wildman–Crippen LogP) is 7.66. The first kappa shape index (κ1) is 39.9. The monoisotopic (exact) mass is 853 g/mol. The number of anilines is 1. The van der Waals surface area contributed by atoms with Crippen LogP contribution < -0.4 is 10.6 Å². The van der Waals surface area contributed by atoms with Crippen LogP contribution in [0.1, 0.15) is 45.8 Å². The van der Waals surface area contributed by atoms with Crippen molar-refractivity contribution in [3.05, 3.63) is 137 Å². The molecular weight excluding hydrogens is 818 g/mol. The van der Waals surface area contributed by atoms with Crippen LogP contribution in [0.25, 0.3) is 16.9 Å². The Morgan fingerprint density at radius 3 is 2.21 bits per heavy atom. The molecule has 0 aliphatic heterocycles. The third kappa shape index (κ3) is 10.1. The number of esters is 1. The number of methoxy groups -OCH3 is 1. The van der Waals surface area contributed by atoms with Crippen LogP contribution in [0.15, 0.2) is 97.2 Å². The Bertz CT molecular complexity index is 1820. The molecule has 0 aliphatic carbocycles. The van der Waals surface area contributed by atoms with Gasteiger partial charge >= 0.3 is 5.97 Å². The van der Waals surface area contributed by atoms with E-state index in [1.165, 1.54) is 23.9 Å². The van der Waals surface area contributed by atoms with Crippen LogP contribution in [0.3, 0.4) is 0 Å². The van der Waals surface area contributed by atoms with E-state index in [-0.39, 0.29) is 77.6 Å². The van der Waals surface area contributed by atoms with E-state index in [0.29, 0.717) is 34.9 Å². The van der Waals surface area contributed by atoms with Crippen molar-refractivity contribution in [3.63, 3.8) is 0 Å². The molecule has 0 aliphatic rings. The minimum Gasteiger partial charge on any atom is -0.469 e. The second kappa shape index (κ2) is 18.9. The molecule has 5 rings (SSSR count). The van der Waals surface area contributed by atoms with Gasteiger partial charge in [0, 0.05) is 46.8 Å². The molecule has 0 atom stereocenters. The van der Waals surface area contributed by atoms with Crippen molar-refractivity contribution in [1.29, 1.82) is 0 Å². The number of aryl methyl sites for hydroxylation is 1. The first-order valence-electron chi connectivity index (χ1n) is 14.1. The molecule has 48 heavy (non-hydrogen) atoms. The van der Waals surface area contributed by atoms with E-state index in [0.717, 1.165) is 17.5 Å². The summed E-state index contributed by atoms with van der Waals surface area (Å²) < 4.78 is 6.20. The summed E-state index contributed by atoms with van der Waals surface area (Å²) in [5.74, 6) is -0.883. The Labute approximate surface area is 306 Å². The topological polar surface area (TPSA) is 115 Å². The molecule has 0 bridgehead atoms. The van der Waals surface area contributed by atoms with E-state index in [9.17, 15) is 14.4 Å². The Balaban J connectivity index is 0.00000267. The molecule has 0 saturated heterocycles. The van der Waals surface area contributed by atoms with Crippen LogP contribution in [0.5, 0.6) is 0 Å². The molecule has 3 aromatic carbocycles. The van der Waals surface area contributed by atoms with Crippen LogP contribution in [0.2, 0.25) is 10.0 Å². The fraction of sp³-hybridized carbons (Fsp3) is 0.167. The number of pyridine rings is 1. The number of halogens is 2. The molecule has 5 aromatic rings. The van der Waals surface area contributed by atoms with Crippen LogP contribution in [-0.4, -0.2) is 46.2 Å². The van der Waals surface area contributed by atoms with Gasteiger partial charge in [-0.1, -0.05) is 79.2 Å². The molecule has 2 heterocycles. The van der Waals surface area contributed by atoms with E-state index >= 15 is 0 Å². The van der Waals surface area contributed by atoms with Gasteiger partial charge in [0.25, 0.3) is 11.8 Å². The quantitative estimate of drug-likeness (QED) is 0.0802. The number of ether oxygens (including phenoxy) is 1. The summed E-state index contributed by atoms with van der Waals surface area (Å²) >= 11 is 12.9. The average Bonchev–Trinajstić information content (AvgIpc) is 3.48. The SMILES string of the molecule is C.COC(=O)Cc1ccc(CCCNC(=O)c2cc(NC(=O)c3cc(-c4ccccn4)c(Cl)cc3Cl)n(-c3ccccc3)n2)cc1.[CH3-].[Ta]. The van der Waals surface area contributed by atoms with Crippen LogP contribution >= 0.6 is 23.2 Å². The molecule has 249 valence electrons. The van der Waals surface area contributed by atoms with Gasteiger partial charge in [0.2, 0.25) is 0 Å². The van der Waals surface area contributed by atoms with E-state index in [4.69, 9.17) is 27.9 Å². The Kier molecular flexibility index (Phi) is 15.7. The number of aromatic nitrogens is 3. The fourth-order valence-corrected chi connectivity index (χ4v) is 5.19. The fourth-order valence-electron chi connectivity index (χ4n) is 4.62. The number of amides is 2. The predicted molar refractivity (Wildman–Crippen MR) is 187 cm³/mol. The first-order chi connectivity index (χ1) is 21.8. The molecule has 12 heteroatoms. The molecule has 0 spiro atoms. The van der Waals surface area contributed by atoms with E-state index in [1.807, 2.05) is 60.7 Å². The number of carbonyl (C=O) groups is 3. The normalized spacial score (nSPS) is 10.1. The number of benzene rings is 3. The largest absolute Gasteiger partial charge is 0.469 e. The molecule has 9 nitrogen and oxygen atoms in total. The molecule has 2 amide bonds. The maximum Gasteiger partial charge on any atom is 0.309 e. The molecule has 0 fully saturated rings. The zero-order valence-electron chi connectivity index (χ0n) is 25.7. The van der Waals surface area contributed by atoms with Gasteiger partial charge < -0.3 is 22.8 Å². The summed E-state index contributed by atoms with van der Waals surface area (Å²) in [7, 11) is 1.37. The van der Waals surface area contributed by atoms with Gasteiger partial charge in [-0.3, -0.25) is 19.4 Å². The smallest absolute Gasteiger partial charge is 0.309 e. The van der Waals surface area contributed by atoms with Crippen LogP contribution in [0, 0.1) is 7.43 Å². The standard InChI is InChI=1S/C34H29Cl2N5O4.CH4.CH3.Ta/c1-45-32(42)18-23-14-12-22(13-15-23)8-7-17-38-34(44)30-21-31(41(40-30)24-9-3-2-4-10-24)39-33(43)26-19-25(27(35)20-28(26)36)29-11-5-6-16-37-29;;;/h2-6,9-16,19-21H,7-8,17-18H2,1H3,(H,38,44)(H,39,43);1H4;1H3;/q;;-1;. The van der Waals surface area contributed by atoms with Gasteiger partial charge in [-0.05, 0) is 60.4 Å². The summed E-state index contributed by atoms with van der Waals surface area (Å²) in [6.07, 6.45) is 3.29. The molecule has 2 N–H and O–H groups in total. The number of nitrogens with one attached hydrogen (secondary N) is 2.